The maximum atomic E-state index is 12.0. The van der Waals surface area contributed by atoms with Gasteiger partial charge in [-0.25, -0.2) is 10.1 Å². The Kier molecular flexibility index (Phi) is 3.57. The third kappa shape index (κ3) is 2.44. The molecule has 0 aromatic rings. The van der Waals surface area contributed by atoms with E-state index in [9.17, 15) is 13.2 Å². The van der Waals surface area contributed by atoms with Crippen LogP contribution < -0.4 is 5.43 Å². The molecule has 0 saturated carbocycles. The van der Waals surface area contributed by atoms with Gasteiger partial charge < -0.3 is 0 Å². The normalized spacial score (nSPS) is 24.0. The van der Waals surface area contributed by atoms with E-state index in [1.807, 2.05) is 24.3 Å². The average Bonchev–Trinajstić information content (AvgIpc) is 2.51. The summed E-state index contributed by atoms with van der Waals surface area (Å²) < 4.78 is 28.9. The van der Waals surface area contributed by atoms with Gasteiger partial charge in [0.2, 0.25) is 0 Å². The lowest BCUT2D eigenvalue weighted by atomic mass is 9.95. The molecule has 8 heteroatoms. The molecule has 1 amide bonds. The first kappa shape index (κ1) is 14.9. The molecule has 1 unspecified atom stereocenters. The molecule has 22 heavy (non-hydrogen) atoms. The molecule has 1 N–H and O–H groups in total. The number of hydroxylamine groups is 2. The summed E-state index contributed by atoms with van der Waals surface area (Å²) in [5.41, 5.74) is 4.59. The Hall–Kier alpha value is -2.06. The highest BCUT2D eigenvalue weighted by Crippen LogP contribution is 2.34. The number of rotatable bonds is 3. The van der Waals surface area contributed by atoms with Crippen molar-refractivity contribution >= 4 is 16.0 Å². The van der Waals surface area contributed by atoms with Crippen LogP contribution in [-0.4, -0.2) is 36.2 Å². The van der Waals surface area contributed by atoms with Gasteiger partial charge in [0.1, 0.15) is 6.04 Å². The fraction of sp³-hybridized carbons (Fsp3) is 0.357. The SMILES string of the molecule is CCS(=O)(=O)ON1C2=C3CC=CC=C3C=CN2NC(=O)C1C. The lowest BCUT2D eigenvalue weighted by molar-refractivity contribution is -0.154. The van der Waals surface area contributed by atoms with E-state index >= 15 is 0 Å². The molecule has 1 fully saturated rings. The first-order valence-corrected chi connectivity index (χ1v) is 8.60. The number of hydrogen-bond acceptors (Lipinski definition) is 6. The second kappa shape index (κ2) is 5.29. The molecule has 1 saturated heterocycles. The van der Waals surface area contributed by atoms with Crippen LogP contribution in [-0.2, 0) is 19.2 Å². The van der Waals surface area contributed by atoms with Crippen molar-refractivity contribution in [3.63, 3.8) is 0 Å². The summed E-state index contributed by atoms with van der Waals surface area (Å²) in [6, 6.07) is -0.751. The van der Waals surface area contributed by atoms with Crippen LogP contribution >= 0.6 is 0 Å². The monoisotopic (exact) mass is 323 g/mol. The predicted molar refractivity (Wildman–Crippen MR) is 79.8 cm³/mol. The van der Waals surface area contributed by atoms with Gasteiger partial charge >= 0.3 is 0 Å². The zero-order valence-electron chi connectivity index (χ0n) is 12.3. The van der Waals surface area contributed by atoms with E-state index in [2.05, 4.69) is 5.43 Å². The zero-order valence-corrected chi connectivity index (χ0v) is 13.1. The van der Waals surface area contributed by atoms with Gasteiger partial charge in [0.25, 0.3) is 16.0 Å². The van der Waals surface area contributed by atoms with Crippen molar-refractivity contribution in [2.75, 3.05) is 5.75 Å². The Morgan fingerprint density at radius 2 is 2.23 bits per heavy atom. The minimum absolute atomic E-state index is 0.168. The minimum atomic E-state index is -3.74. The lowest BCUT2D eigenvalue weighted by Crippen LogP contribution is -2.59. The molecular weight excluding hydrogens is 306 g/mol. The van der Waals surface area contributed by atoms with Crippen molar-refractivity contribution < 1.29 is 17.5 Å². The van der Waals surface area contributed by atoms with Gasteiger partial charge in [-0.1, -0.05) is 18.2 Å². The smallest absolute Gasteiger partial charge is 0.271 e. The number of hydrazine groups is 1. The van der Waals surface area contributed by atoms with Gasteiger partial charge in [0, 0.05) is 11.8 Å². The topological polar surface area (TPSA) is 79.0 Å². The molecule has 3 aliphatic rings. The highest BCUT2D eigenvalue weighted by molar-refractivity contribution is 7.86. The van der Waals surface area contributed by atoms with Crippen molar-refractivity contribution in [3.05, 3.63) is 47.5 Å². The Labute approximate surface area is 129 Å². The number of nitrogens with one attached hydrogen (secondary N) is 1. The summed E-state index contributed by atoms with van der Waals surface area (Å²) >= 11 is 0. The van der Waals surface area contributed by atoms with Crippen LogP contribution in [0.2, 0.25) is 0 Å². The molecule has 1 atom stereocenters. The first-order valence-electron chi connectivity index (χ1n) is 7.02. The van der Waals surface area contributed by atoms with Crippen LogP contribution in [0.25, 0.3) is 0 Å². The van der Waals surface area contributed by atoms with E-state index in [0.717, 1.165) is 11.1 Å². The molecule has 0 aromatic heterocycles. The number of nitrogens with zero attached hydrogens (tertiary/aromatic N) is 2. The molecule has 118 valence electrons. The van der Waals surface area contributed by atoms with Gasteiger partial charge in [-0.05, 0) is 31.9 Å². The van der Waals surface area contributed by atoms with Crippen molar-refractivity contribution in [2.24, 2.45) is 0 Å². The van der Waals surface area contributed by atoms with Crippen LogP contribution in [0.3, 0.4) is 0 Å². The Morgan fingerprint density at radius 3 is 2.95 bits per heavy atom. The van der Waals surface area contributed by atoms with Crippen LogP contribution in [0.4, 0.5) is 0 Å². The number of amides is 1. The highest BCUT2D eigenvalue weighted by atomic mass is 32.2. The molecule has 0 aromatic carbocycles. The highest BCUT2D eigenvalue weighted by Gasteiger charge is 2.39. The number of hydrogen-bond donors (Lipinski definition) is 1. The Morgan fingerprint density at radius 1 is 1.45 bits per heavy atom. The zero-order chi connectivity index (χ0) is 15.9. The fourth-order valence-electron chi connectivity index (χ4n) is 2.43. The standard InChI is InChI=1S/C14H17N3O4S/c1-3-22(19,20)21-17-10(2)13(18)15-16-9-8-11-6-4-5-7-12(11)14(16)17/h4-6,8-10H,3,7H2,1-2H3,(H,15,18). The third-order valence-electron chi connectivity index (χ3n) is 3.70. The van der Waals surface area contributed by atoms with Gasteiger partial charge in [-0.3, -0.25) is 10.2 Å². The van der Waals surface area contributed by atoms with Crippen molar-refractivity contribution in [1.82, 2.24) is 15.5 Å². The molecule has 7 nitrogen and oxygen atoms in total. The molecule has 0 bridgehead atoms. The van der Waals surface area contributed by atoms with Gasteiger partial charge in [0.05, 0.1) is 5.75 Å². The second-order valence-corrected chi connectivity index (χ2v) is 6.98. The quantitative estimate of drug-likeness (QED) is 0.832. The predicted octanol–water partition coefficient (Wildman–Crippen LogP) is 0.930. The Bertz CT molecular complexity index is 733. The first-order chi connectivity index (χ1) is 10.4. The number of carbonyl (C=O) groups is 1. The van der Waals surface area contributed by atoms with Crippen molar-refractivity contribution in [2.45, 2.75) is 26.3 Å². The maximum Gasteiger partial charge on any atom is 0.287 e. The van der Waals surface area contributed by atoms with Gasteiger partial charge in [-0.15, -0.1) is 4.28 Å². The summed E-state index contributed by atoms with van der Waals surface area (Å²) in [7, 11) is -3.74. The molecule has 3 rings (SSSR count). The van der Waals surface area contributed by atoms with Crippen molar-refractivity contribution in [1.29, 1.82) is 0 Å². The molecule has 0 spiro atoms. The van der Waals surface area contributed by atoms with Crippen LogP contribution in [0, 0.1) is 0 Å². The molecular formula is C14H17N3O4S. The van der Waals surface area contributed by atoms with E-state index in [1.165, 1.54) is 17.0 Å². The summed E-state index contributed by atoms with van der Waals surface area (Å²) in [5.74, 6) is 0.0279. The largest absolute Gasteiger partial charge is 0.287 e. The summed E-state index contributed by atoms with van der Waals surface area (Å²) in [6.07, 6.45) is 10.0. The number of allylic oxidation sites excluding steroid dienone is 6. The van der Waals surface area contributed by atoms with E-state index in [-0.39, 0.29) is 11.7 Å². The summed E-state index contributed by atoms with van der Waals surface area (Å²) in [6.45, 7) is 3.10. The van der Waals surface area contributed by atoms with E-state index < -0.39 is 16.2 Å². The lowest BCUT2D eigenvalue weighted by Gasteiger charge is -2.43. The van der Waals surface area contributed by atoms with Crippen LogP contribution in [0.15, 0.2) is 47.5 Å². The average molecular weight is 323 g/mol. The molecule has 0 radical (unpaired) electrons. The number of fused-ring (bicyclic) bond motifs is 2. The summed E-state index contributed by atoms with van der Waals surface area (Å²) in [4.78, 5) is 12.0. The molecule has 2 aliphatic heterocycles. The second-order valence-electron chi connectivity index (χ2n) is 5.14. The van der Waals surface area contributed by atoms with Gasteiger partial charge in [0.15, 0.2) is 5.82 Å². The Balaban J connectivity index is 2.08. The van der Waals surface area contributed by atoms with Crippen LogP contribution in [0.1, 0.15) is 20.3 Å². The molecule has 2 heterocycles. The molecule has 1 aliphatic carbocycles. The van der Waals surface area contributed by atoms with E-state index in [0.29, 0.717) is 12.2 Å². The van der Waals surface area contributed by atoms with Crippen LogP contribution in [0.5, 0.6) is 0 Å². The van der Waals surface area contributed by atoms with Gasteiger partial charge in [-0.2, -0.15) is 8.42 Å². The maximum absolute atomic E-state index is 12.0. The third-order valence-corrected chi connectivity index (χ3v) is 4.80. The number of carbonyl (C=O) groups excluding carboxylic acids is 1. The van der Waals surface area contributed by atoms with Crippen molar-refractivity contribution in [3.8, 4) is 0 Å². The minimum Gasteiger partial charge on any atom is -0.271 e. The van der Waals surface area contributed by atoms with E-state index in [1.54, 1.807) is 13.1 Å². The summed E-state index contributed by atoms with van der Waals surface area (Å²) in [5, 5.41) is 2.68. The fourth-order valence-corrected chi connectivity index (χ4v) is 2.98. The van der Waals surface area contributed by atoms with E-state index in [4.69, 9.17) is 4.28 Å².